The Kier molecular flexibility index (Phi) is 10.8. The van der Waals surface area contributed by atoms with Crippen molar-refractivity contribution < 1.29 is 23.9 Å². The molecule has 4 aromatic rings. The number of aromatic nitrogens is 3. The molecule has 2 atom stereocenters. The molecule has 1 saturated heterocycles. The van der Waals surface area contributed by atoms with Crippen LogP contribution in [0, 0.1) is 12.8 Å². The van der Waals surface area contributed by atoms with Crippen molar-refractivity contribution in [3.8, 4) is 22.8 Å². The number of carbonyl (C=O) groups excluding carboxylic acids is 3. The molecule has 11 nitrogen and oxygen atoms in total. The lowest BCUT2D eigenvalue weighted by Crippen LogP contribution is -2.38. The summed E-state index contributed by atoms with van der Waals surface area (Å²) in [5, 5.41) is 7.29. The van der Waals surface area contributed by atoms with E-state index in [2.05, 4.69) is 39.5 Å². The first-order valence-corrected chi connectivity index (χ1v) is 15.7. The molecule has 0 aliphatic carbocycles. The topological polar surface area (TPSA) is 119 Å². The molecule has 3 amide bonds. The highest BCUT2D eigenvalue weighted by atomic mass is 16.5. The lowest BCUT2D eigenvalue weighted by Gasteiger charge is -2.18. The number of pyridine rings is 1. The Bertz CT molecular complexity index is 1710. The van der Waals surface area contributed by atoms with Crippen LogP contribution in [-0.2, 0) is 16.0 Å². The van der Waals surface area contributed by atoms with Crippen LogP contribution in [0.25, 0.3) is 16.9 Å². The third-order valence-electron chi connectivity index (χ3n) is 8.64. The fraction of sp³-hybridized carbons (Fsp3) is 0.361. The van der Waals surface area contributed by atoms with E-state index in [4.69, 9.17) is 14.6 Å². The average Bonchev–Trinajstić information content (AvgIpc) is 3.63. The number of benzene rings is 2. The Morgan fingerprint density at radius 2 is 1.70 bits per heavy atom. The number of nitrogens with zero attached hydrogens (tertiary/aromatic N) is 5. The minimum Gasteiger partial charge on any atom is -0.480 e. The number of ketones is 1. The zero-order chi connectivity index (χ0) is 33.5. The second-order valence-electron chi connectivity index (χ2n) is 12.1. The van der Waals surface area contributed by atoms with E-state index in [1.54, 1.807) is 38.2 Å². The Morgan fingerprint density at radius 1 is 1.00 bits per heavy atom. The zero-order valence-corrected chi connectivity index (χ0v) is 27.6. The highest BCUT2D eigenvalue weighted by Gasteiger charge is 2.35. The molecule has 3 heterocycles. The van der Waals surface area contributed by atoms with Crippen molar-refractivity contribution in [1.29, 1.82) is 0 Å². The molecule has 0 bridgehead atoms. The largest absolute Gasteiger partial charge is 0.480 e. The Labute approximate surface area is 275 Å². The predicted octanol–water partition coefficient (Wildman–Crippen LogP) is 4.53. The maximum Gasteiger partial charge on any atom is 0.323 e. The lowest BCUT2D eigenvalue weighted by atomic mass is 9.85. The highest BCUT2D eigenvalue weighted by Crippen LogP contribution is 2.36. The van der Waals surface area contributed by atoms with Gasteiger partial charge in [0.15, 0.2) is 0 Å². The molecule has 11 heteroatoms. The third-order valence-corrected chi connectivity index (χ3v) is 8.64. The number of ether oxygens (including phenoxy) is 2. The number of amides is 3. The Balaban J connectivity index is 1.46. The first-order chi connectivity index (χ1) is 22.7. The van der Waals surface area contributed by atoms with Gasteiger partial charge in [-0.05, 0) is 42.2 Å². The minimum atomic E-state index is -0.644. The molecule has 0 spiro atoms. The van der Waals surface area contributed by atoms with Gasteiger partial charge in [-0.3, -0.25) is 14.9 Å². The fourth-order valence-corrected chi connectivity index (χ4v) is 6.18. The van der Waals surface area contributed by atoms with Crippen molar-refractivity contribution in [2.24, 2.45) is 5.92 Å². The molecule has 0 saturated carbocycles. The van der Waals surface area contributed by atoms with Crippen LogP contribution in [0.1, 0.15) is 39.5 Å². The molecule has 1 fully saturated rings. The number of hydrogen-bond donors (Lipinski definition) is 1. The summed E-state index contributed by atoms with van der Waals surface area (Å²) >= 11 is 0. The molecule has 5 rings (SSSR count). The van der Waals surface area contributed by atoms with E-state index >= 15 is 0 Å². The van der Waals surface area contributed by atoms with E-state index in [1.807, 2.05) is 43.3 Å². The average molecular weight is 639 g/mol. The number of para-hydroxylation sites is 1. The van der Waals surface area contributed by atoms with Crippen molar-refractivity contribution in [3.63, 3.8) is 0 Å². The monoisotopic (exact) mass is 638 g/mol. The second kappa shape index (κ2) is 15.1. The quantitative estimate of drug-likeness (QED) is 0.241. The Morgan fingerprint density at radius 3 is 2.36 bits per heavy atom. The number of likely N-dealkylation sites (tertiary alicyclic amines) is 1. The van der Waals surface area contributed by atoms with E-state index in [9.17, 15) is 14.4 Å². The van der Waals surface area contributed by atoms with Crippen molar-refractivity contribution in [2.75, 3.05) is 54.6 Å². The smallest absolute Gasteiger partial charge is 0.323 e. The van der Waals surface area contributed by atoms with E-state index < -0.39 is 11.9 Å². The van der Waals surface area contributed by atoms with Crippen LogP contribution in [0.5, 0.6) is 5.88 Å². The van der Waals surface area contributed by atoms with Crippen LogP contribution in [-0.4, -0.2) is 96.8 Å². The van der Waals surface area contributed by atoms with Crippen molar-refractivity contribution in [1.82, 2.24) is 29.9 Å². The SMILES string of the molecule is COCCN1C[C@@H](CC(=O)Cc2c(C)c(-c3cnc(OC)c(C(=O)NC(=O)N(C)C)c3)nn2-c2ccccc2)[C@H](c2ccccc2)C1. The normalized spacial score (nSPS) is 16.2. The van der Waals surface area contributed by atoms with Gasteiger partial charge in [0.1, 0.15) is 11.3 Å². The number of nitrogens with one attached hydrogen (secondary N) is 1. The van der Waals surface area contributed by atoms with Crippen molar-refractivity contribution >= 4 is 17.7 Å². The van der Waals surface area contributed by atoms with E-state index in [1.165, 1.54) is 17.6 Å². The maximum absolute atomic E-state index is 13.9. The first kappa shape index (κ1) is 33.5. The molecular weight excluding hydrogens is 596 g/mol. The van der Waals surface area contributed by atoms with Crippen molar-refractivity contribution in [2.45, 2.75) is 25.7 Å². The fourth-order valence-electron chi connectivity index (χ4n) is 6.18. The number of rotatable bonds is 12. The van der Waals surface area contributed by atoms with Gasteiger partial charge >= 0.3 is 6.03 Å². The summed E-state index contributed by atoms with van der Waals surface area (Å²) in [6.07, 6.45) is 2.21. The van der Waals surface area contributed by atoms with Gasteiger partial charge in [-0.15, -0.1) is 0 Å². The summed E-state index contributed by atoms with van der Waals surface area (Å²) in [6.45, 7) is 5.12. The molecule has 246 valence electrons. The van der Waals surface area contributed by atoms with E-state index in [-0.39, 0.29) is 35.5 Å². The predicted molar refractivity (Wildman–Crippen MR) is 179 cm³/mol. The van der Waals surface area contributed by atoms with Crippen LogP contribution < -0.4 is 10.1 Å². The van der Waals surface area contributed by atoms with Gasteiger partial charge < -0.3 is 19.3 Å². The summed E-state index contributed by atoms with van der Waals surface area (Å²) in [5.41, 5.74) is 4.87. The molecule has 2 aromatic carbocycles. The summed E-state index contributed by atoms with van der Waals surface area (Å²) in [4.78, 5) is 47.2. The summed E-state index contributed by atoms with van der Waals surface area (Å²) in [7, 11) is 6.21. The first-order valence-electron chi connectivity index (χ1n) is 15.7. The van der Waals surface area contributed by atoms with Crippen LogP contribution >= 0.6 is 0 Å². The highest BCUT2D eigenvalue weighted by molar-refractivity contribution is 6.06. The molecule has 1 aliphatic rings. The molecule has 1 aliphatic heterocycles. The van der Waals surface area contributed by atoms with Crippen molar-refractivity contribution in [3.05, 3.63) is 95.3 Å². The lowest BCUT2D eigenvalue weighted by molar-refractivity contribution is -0.119. The van der Waals surface area contributed by atoms with E-state index in [0.717, 1.165) is 36.6 Å². The van der Waals surface area contributed by atoms with Gasteiger partial charge in [-0.2, -0.15) is 5.10 Å². The molecular formula is C36H42N6O5. The van der Waals surface area contributed by atoms with Crippen LogP contribution in [0.2, 0.25) is 0 Å². The third kappa shape index (κ3) is 7.75. The number of Topliss-reactive ketones (excluding diaryl/α,β-unsaturated/α-hetero) is 1. The molecule has 0 radical (unpaired) electrons. The number of methoxy groups -OCH3 is 2. The van der Waals surface area contributed by atoms with Gasteiger partial charge in [-0.1, -0.05) is 48.5 Å². The van der Waals surface area contributed by atoms with Crippen LogP contribution in [0.4, 0.5) is 4.79 Å². The van der Waals surface area contributed by atoms with Crippen LogP contribution in [0.15, 0.2) is 72.9 Å². The second-order valence-corrected chi connectivity index (χ2v) is 12.1. The molecule has 2 aromatic heterocycles. The Hall–Kier alpha value is -4.87. The number of carbonyl (C=O) groups is 3. The van der Waals surface area contributed by atoms with Gasteiger partial charge in [0, 0.05) is 71.4 Å². The molecule has 0 unspecified atom stereocenters. The van der Waals surface area contributed by atoms with Gasteiger partial charge in [0.25, 0.3) is 5.91 Å². The molecule has 1 N–H and O–H groups in total. The van der Waals surface area contributed by atoms with Crippen LogP contribution in [0.3, 0.4) is 0 Å². The maximum atomic E-state index is 13.9. The summed E-state index contributed by atoms with van der Waals surface area (Å²) in [5.74, 6) is -0.00768. The van der Waals surface area contributed by atoms with Gasteiger partial charge in [0.2, 0.25) is 5.88 Å². The molecule has 47 heavy (non-hydrogen) atoms. The number of urea groups is 1. The number of imide groups is 1. The van der Waals surface area contributed by atoms with Gasteiger partial charge in [0.05, 0.1) is 30.8 Å². The minimum absolute atomic E-state index is 0.0810. The van der Waals surface area contributed by atoms with E-state index in [0.29, 0.717) is 24.3 Å². The standard InChI is InChI=1S/C36H42N6O5/c1-24-32(20-29(43)18-27-22-41(16-17-46-4)23-31(27)25-12-8-6-9-13-25)42(28-14-10-7-11-15-28)39-33(24)26-19-30(35(47-5)37-21-26)34(44)38-36(45)40(2)3/h6-15,19,21,27,31H,16-18,20,22-23H2,1-5H3,(H,38,44,45)/t27-,31+/m1/s1. The van der Waals surface area contributed by atoms with Gasteiger partial charge in [-0.25, -0.2) is 14.5 Å². The summed E-state index contributed by atoms with van der Waals surface area (Å²) < 4.78 is 12.5. The zero-order valence-electron chi connectivity index (χ0n) is 27.6. The number of hydrogen-bond acceptors (Lipinski definition) is 8. The summed E-state index contributed by atoms with van der Waals surface area (Å²) in [6, 6.07) is 21.1.